The summed E-state index contributed by atoms with van der Waals surface area (Å²) in [4.78, 5) is 0. The van der Waals surface area contributed by atoms with Crippen LogP contribution in [-0.2, 0) is 4.74 Å². The van der Waals surface area contributed by atoms with Crippen LogP contribution in [0.4, 0.5) is 0 Å². The third-order valence-corrected chi connectivity index (χ3v) is 4.78. The van der Waals surface area contributed by atoms with Crippen LogP contribution in [0.25, 0.3) is 0 Å². The molecule has 0 saturated carbocycles. The molecule has 0 radical (unpaired) electrons. The number of para-hydroxylation sites is 1. The molecule has 0 spiro atoms. The van der Waals surface area contributed by atoms with Gasteiger partial charge in [-0.2, -0.15) is 0 Å². The fourth-order valence-corrected chi connectivity index (χ4v) is 3.18. The number of ether oxygens (including phenoxy) is 1. The van der Waals surface area contributed by atoms with Crippen molar-refractivity contribution >= 4 is 0 Å². The fourth-order valence-electron chi connectivity index (χ4n) is 3.18. The normalized spacial score (nSPS) is 12.4. The Kier molecular flexibility index (Phi) is 12.2. The highest BCUT2D eigenvalue weighted by Crippen LogP contribution is 2.36. The molecule has 144 valence electrons. The summed E-state index contributed by atoms with van der Waals surface area (Å²) in [6, 6.07) is 5.17. The Bertz CT molecular complexity index is 445. The predicted molar refractivity (Wildman–Crippen MR) is 105 cm³/mol. The van der Waals surface area contributed by atoms with Gasteiger partial charge in [0.15, 0.2) is 11.5 Å². The second-order valence-corrected chi connectivity index (χ2v) is 7.05. The molecule has 1 aromatic carbocycles. The average molecular weight is 351 g/mol. The summed E-state index contributed by atoms with van der Waals surface area (Å²) in [6.07, 6.45) is 14.3. The summed E-state index contributed by atoms with van der Waals surface area (Å²) < 4.78 is 6.08. The number of aromatic hydroxyl groups is 2. The van der Waals surface area contributed by atoms with Crippen molar-refractivity contribution < 1.29 is 14.9 Å². The monoisotopic (exact) mass is 350 g/mol. The van der Waals surface area contributed by atoms with Gasteiger partial charge in [0.2, 0.25) is 0 Å². The molecular weight excluding hydrogens is 312 g/mol. The SMILES string of the molecule is CCCCCCCCCC(OCCCCCC)c1cccc(O)c1O. The van der Waals surface area contributed by atoms with E-state index in [-0.39, 0.29) is 17.6 Å². The molecule has 0 saturated heterocycles. The Morgan fingerprint density at radius 2 is 1.40 bits per heavy atom. The molecule has 2 N–H and O–H groups in total. The third kappa shape index (κ3) is 9.15. The van der Waals surface area contributed by atoms with Gasteiger partial charge in [0.05, 0.1) is 6.10 Å². The second kappa shape index (κ2) is 14.0. The first kappa shape index (κ1) is 21.8. The zero-order valence-corrected chi connectivity index (χ0v) is 16.3. The topological polar surface area (TPSA) is 49.7 Å². The first-order chi connectivity index (χ1) is 12.2. The van der Waals surface area contributed by atoms with Crippen molar-refractivity contribution in [3.8, 4) is 11.5 Å². The Morgan fingerprint density at radius 1 is 0.800 bits per heavy atom. The largest absolute Gasteiger partial charge is 0.504 e. The van der Waals surface area contributed by atoms with E-state index < -0.39 is 0 Å². The first-order valence-electron chi connectivity index (χ1n) is 10.3. The number of rotatable bonds is 15. The van der Waals surface area contributed by atoms with E-state index in [9.17, 15) is 10.2 Å². The van der Waals surface area contributed by atoms with Crippen LogP contribution in [0.3, 0.4) is 0 Å². The van der Waals surface area contributed by atoms with E-state index >= 15 is 0 Å². The van der Waals surface area contributed by atoms with E-state index in [0.29, 0.717) is 0 Å². The standard InChI is InChI=1S/C22H38O3/c1-3-5-7-9-10-11-12-17-21(25-18-13-8-6-4-2)19-15-14-16-20(23)22(19)24/h14-16,21,23-24H,3-13,17-18H2,1-2H3. The van der Waals surface area contributed by atoms with Gasteiger partial charge in [-0.1, -0.05) is 90.2 Å². The van der Waals surface area contributed by atoms with Gasteiger partial charge < -0.3 is 14.9 Å². The lowest BCUT2D eigenvalue weighted by atomic mass is 10.0. The van der Waals surface area contributed by atoms with Crippen LogP contribution in [0.5, 0.6) is 11.5 Å². The summed E-state index contributed by atoms with van der Waals surface area (Å²) >= 11 is 0. The number of unbranched alkanes of at least 4 members (excludes halogenated alkanes) is 9. The Morgan fingerprint density at radius 3 is 2.08 bits per heavy atom. The van der Waals surface area contributed by atoms with E-state index in [2.05, 4.69) is 13.8 Å². The summed E-state index contributed by atoms with van der Waals surface area (Å²) in [5, 5.41) is 20.0. The van der Waals surface area contributed by atoms with Gasteiger partial charge in [0, 0.05) is 12.2 Å². The summed E-state index contributed by atoms with van der Waals surface area (Å²) in [5.74, 6) is -0.0827. The van der Waals surface area contributed by atoms with E-state index in [1.807, 2.05) is 6.07 Å². The molecular formula is C22H38O3. The molecule has 0 aliphatic heterocycles. The van der Waals surface area contributed by atoms with Crippen LogP contribution >= 0.6 is 0 Å². The number of hydrogen-bond acceptors (Lipinski definition) is 3. The van der Waals surface area contributed by atoms with Crippen LogP contribution in [0, 0.1) is 0 Å². The van der Waals surface area contributed by atoms with Crippen molar-refractivity contribution in [1.82, 2.24) is 0 Å². The molecule has 1 unspecified atom stereocenters. The highest BCUT2D eigenvalue weighted by molar-refractivity contribution is 5.45. The molecule has 0 aromatic heterocycles. The zero-order valence-electron chi connectivity index (χ0n) is 16.3. The van der Waals surface area contributed by atoms with Crippen LogP contribution in [0.1, 0.15) is 103 Å². The van der Waals surface area contributed by atoms with Crippen LogP contribution < -0.4 is 0 Å². The summed E-state index contributed by atoms with van der Waals surface area (Å²) in [7, 11) is 0. The molecule has 1 aromatic rings. The van der Waals surface area contributed by atoms with Crippen LogP contribution in [0.2, 0.25) is 0 Å². The molecule has 0 fully saturated rings. The van der Waals surface area contributed by atoms with Crippen molar-refractivity contribution in [2.75, 3.05) is 6.61 Å². The lowest BCUT2D eigenvalue weighted by Gasteiger charge is -2.20. The third-order valence-electron chi connectivity index (χ3n) is 4.78. The zero-order chi connectivity index (χ0) is 18.3. The second-order valence-electron chi connectivity index (χ2n) is 7.05. The van der Waals surface area contributed by atoms with E-state index in [1.165, 1.54) is 63.9 Å². The van der Waals surface area contributed by atoms with Crippen molar-refractivity contribution in [3.05, 3.63) is 23.8 Å². The van der Waals surface area contributed by atoms with Gasteiger partial charge in [0.25, 0.3) is 0 Å². The average Bonchev–Trinajstić information content (AvgIpc) is 2.61. The summed E-state index contributed by atoms with van der Waals surface area (Å²) in [6.45, 7) is 5.16. The van der Waals surface area contributed by atoms with Crippen molar-refractivity contribution in [2.45, 2.75) is 97.0 Å². The van der Waals surface area contributed by atoms with Gasteiger partial charge >= 0.3 is 0 Å². The quantitative estimate of drug-likeness (QED) is 0.268. The van der Waals surface area contributed by atoms with Gasteiger partial charge in [-0.3, -0.25) is 0 Å². The number of phenols is 2. The maximum atomic E-state index is 10.2. The van der Waals surface area contributed by atoms with Gasteiger partial charge in [-0.05, 0) is 18.9 Å². The molecule has 3 heteroatoms. The highest BCUT2D eigenvalue weighted by Gasteiger charge is 2.17. The van der Waals surface area contributed by atoms with Crippen molar-refractivity contribution in [1.29, 1.82) is 0 Å². The summed E-state index contributed by atoms with van der Waals surface area (Å²) in [5.41, 5.74) is 0.724. The van der Waals surface area contributed by atoms with E-state index in [0.717, 1.165) is 31.4 Å². The lowest BCUT2D eigenvalue weighted by Crippen LogP contribution is -2.06. The predicted octanol–water partition coefficient (Wildman–Crippen LogP) is 6.88. The minimum atomic E-state index is -0.121. The smallest absolute Gasteiger partial charge is 0.163 e. The Hall–Kier alpha value is -1.22. The molecule has 25 heavy (non-hydrogen) atoms. The number of benzene rings is 1. The number of phenolic OH excluding ortho intramolecular Hbond substituents is 2. The molecule has 0 heterocycles. The van der Waals surface area contributed by atoms with Crippen molar-refractivity contribution in [2.24, 2.45) is 0 Å². The molecule has 0 aliphatic carbocycles. The van der Waals surface area contributed by atoms with Crippen LogP contribution in [0.15, 0.2) is 18.2 Å². The van der Waals surface area contributed by atoms with E-state index in [4.69, 9.17) is 4.74 Å². The minimum Gasteiger partial charge on any atom is -0.504 e. The van der Waals surface area contributed by atoms with Gasteiger partial charge in [0.1, 0.15) is 0 Å². The fraction of sp³-hybridized carbons (Fsp3) is 0.727. The van der Waals surface area contributed by atoms with Crippen molar-refractivity contribution in [3.63, 3.8) is 0 Å². The first-order valence-corrected chi connectivity index (χ1v) is 10.3. The molecule has 0 aliphatic rings. The maximum Gasteiger partial charge on any atom is 0.163 e. The Labute approximate surface area is 154 Å². The minimum absolute atomic E-state index is 0.0241. The molecule has 1 atom stereocenters. The van der Waals surface area contributed by atoms with Crippen LogP contribution in [-0.4, -0.2) is 16.8 Å². The molecule has 3 nitrogen and oxygen atoms in total. The van der Waals surface area contributed by atoms with Gasteiger partial charge in [-0.15, -0.1) is 0 Å². The number of hydrogen-bond donors (Lipinski definition) is 2. The molecule has 0 bridgehead atoms. The maximum absolute atomic E-state index is 10.2. The highest BCUT2D eigenvalue weighted by atomic mass is 16.5. The molecule has 0 amide bonds. The molecule has 1 rings (SSSR count). The Balaban J connectivity index is 2.46. The van der Waals surface area contributed by atoms with E-state index in [1.54, 1.807) is 6.07 Å². The lowest BCUT2D eigenvalue weighted by molar-refractivity contribution is 0.0404. The van der Waals surface area contributed by atoms with Gasteiger partial charge in [-0.25, -0.2) is 0 Å².